The van der Waals surface area contributed by atoms with Gasteiger partial charge in [-0.2, -0.15) is 0 Å². The van der Waals surface area contributed by atoms with Crippen LogP contribution in [0.3, 0.4) is 0 Å². The molecule has 0 saturated carbocycles. The van der Waals surface area contributed by atoms with Gasteiger partial charge in [0, 0.05) is 57.3 Å². The quantitative estimate of drug-likeness (QED) is 0.326. The van der Waals surface area contributed by atoms with E-state index < -0.39 is 11.6 Å². The lowest BCUT2D eigenvalue weighted by molar-refractivity contribution is 0.0564. The number of carbonyl (C=O) groups is 2. The number of hydrogen-bond acceptors (Lipinski definition) is 7. The topological polar surface area (TPSA) is 120 Å². The number of ether oxygens (including phenoxy) is 2. The predicted octanol–water partition coefficient (Wildman–Crippen LogP) is 4.35. The molecule has 11 nitrogen and oxygen atoms in total. The van der Waals surface area contributed by atoms with E-state index in [0.29, 0.717) is 38.3 Å². The van der Waals surface area contributed by atoms with Crippen LogP contribution in [0.4, 0.5) is 25.1 Å². The van der Waals surface area contributed by atoms with Crippen LogP contribution in [0, 0.1) is 18.6 Å². The molecule has 42 heavy (non-hydrogen) atoms. The van der Waals surface area contributed by atoms with Crippen LogP contribution in [-0.2, 0) is 11.8 Å². The second kappa shape index (κ2) is 13.5. The lowest BCUT2D eigenvalue weighted by Gasteiger charge is -2.26. The highest BCUT2D eigenvalue weighted by Gasteiger charge is 2.18. The summed E-state index contributed by atoms with van der Waals surface area (Å²) in [4.78, 5) is 40.6. The molecule has 2 amide bonds. The minimum absolute atomic E-state index is 0.0306. The Balaban J connectivity index is 0.000000216. The molecule has 13 heteroatoms. The molecule has 0 atom stereocenters. The van der Waals surface area contributed by atoms with Crippen LogP contribution in [0.1, 0.15) is 16.1 Å². The average Bonchev–Trinajstić information content (AvgIpc) is 3.22. The minimum Gasteiger partial charge on any atom is -0.454 e. The van der Waals surface area contributed by atoms with E-state index in [4.69, 9.17) is 9.47 Å². The number of aromatic nitrogens is 3. The van der Waals surface area contributed by atoms with Crippen molar-refractivity contribution in [2.75, 3.05) is 44.0 Å². The monoisotopic (exact) mass is 580 g/mol. The zero-order chi connectivity index (χ0) is 30.2. The summed E-state index contributed by atoms with van der Waals surface area (Å²) < 4.78 is 41.6. The van der Waals surface area contributed by atoms with Crippen molar-refractivity contribution in [1.82, 2.24) is 19.2 Å². The SMILES string of the molecule is CNc1cc(F)c(Oc2ccnc(NC(=O)N3CCOCC3)c2)cc1F.Cc1c(C=O)c(=O)n(-c2ccccc2)n1C. The molecule has 0 radical (unpaired) electrons. The summed E-state index contributed by atoms with van der Waals surface area (Å²) in [6.45, 7) is 3.70. The van der Waals surface area contributed by atoms with Gasteiger partial charge >= 0.3 is 6.03 Å². The third-order valence-electron chi connectivity index (χ3n) is 6.50. The highest BCUT2D eigenvalue weighted by Crippen LogP contribution is 2.29. The molecule has 1 aliphatic heterocycles. The number of rotatable bonds is 6. The van der Waals surface area contributed by atoms with Crippen LogP contribution >= 0.6 is 0 Å². The molecule has 3 heterocycles. The van der Waals surface area contributed by atoms with E-state index in [1.54, 1.807) is 23.6 Å². The van der Waals surface area contributed by atoms with E-state index >= 15 is 0 Å². The number of urea groups is 1. The molecule has 0 bridgehead atoms. The number of morpholine rings is 1. The Morgan fingerprint density at radius 2 is 1.79 bits per heavy atom. The number of carbonyl (C=O) groups excluding carboxylic acids is 2. The summed E-state index contributed by atoms with van der Waals surface area (Å²) in [5.74, 6) is -1.16. The molecule has 4 aromatic rings. The fourth-order valence-electron chi connectivity index (χ4n) is 4.15. The van der Waals surface area contributed by atoms with Gasteiger partial charge in [0.05, 0.1) is 24.6 Å². The highest BCUT2D eigenvalue weighted by molar-refractivity contribution is 5.88. The van der Waals surface area contributed by atoms with Crippen LogP contribution < -0.4 is 20.9 Å². The number of anilines is 2. The van der Waals surface area contributed by atoms with Gasteiger partial charge in [0.1, 0.15) is 22.9 Å². The largest absolute Gasteiger partial charge is 0.454 e. The van der Waals surface area contributed by atoms with E-state index in [2.05, 4.69) is 15.6 Å². The molecule has 1 aliphatic rings. The lowest BCUT2D eigenvalue weighted by atomic mass is 10.2. The second-order valence-electron chi connectivity index (χ2n) is 9.11. The molecular formula is C29H30F2N6O5. The van der Waals surface area contributed by atoms with Crippen molar-refractivity contribution in [1.29, 1.82) is 0 Å². The van der Waals surface area contributed by atoms with E-state index in [9.17, 15) is 23.2 Å². The number of para-hydroxylation sites is 1. The fourth-order valence-corrected chi connectivity index (χ4v) is 4.15. The number of halogens is 2. The Hall–Kier alpha value is -5.04. The first-order chi connectivity index (χ1) is 20.2. The van der Waals surface area contributed by atoms with E-state index in [1.807, 2.05) is 30.3 Å². The van der Waals surface area contributed by atoms with Crippen molar-refractivity contribution in [3.63, 3.8) is 0 Å². The van der Waals surface area contributed by atoms with E-state index in [-0.39, 0.29) is 40.2 Å². The van der Waals surface area contributed by atoms with Crippen molar-refractivity contribution in [3.8, 4) is 17.2 Å². The first-order valence-corrected chi connectivity index (χ1v) is 13.0. The number of benzene rings is 2. The first kappa shape index (κ1) is 29.9. The summed E-state index contributed by atoms with van der Waals surface area (Å²) >= 11 is 0. The van der Waals surface area contributed by atoms with Crippen LogP contribution in [-0.4, -0.2) is 64.9 Å². The molecule has 0 spiro atoms. The molecule has 220 valence electrons. The summed E-state index contributed by atoms with van der Waals surface area (Å²) in [6, 6.07) is 13.8. The maximum Gasteiger partial charge on any atom is 0.323 e. The van der Waals surface area contributed by atoms with Gasteiger partial charge in [0.25, 0.3) is 5.56 Å². The summed E-state index contributed by atoms with van der Waals surface area (Å²) in [6.07, 6.45) is 2.01. The normalized spacial score (nSPS) is 12.6. The van der Waals surface area contributed by atoms with Gasteiger partial charge in [-0.15, -0.1) is 0 Å². The van der Waals surface area contributed by atoms with Crippen LogP contribution in [0.2, 0.25) is 0 Å². The van der Waals surface area contributed by atoms with Gasteiger partial charge in [-0.3, -0.25) is 19.6 Å². The van der Waals surface area contributed by atoms with Crippen molar-refractivity contribution < 1.29 is 27.8 Å². The third kappa shape index (κ3) is 6.81. The standard InChI is InChI=1S/C17H18F2N4O3.C12H12N2O2/c1-20-14-9-13(19)15(10-12(14)18)26-11-2-3-21-16(8-11)22-17(24)23-4-6-25-7-5-23;1-9-11(8-15)12(16)14(13(9)2)10-6-4-3-5-7-10/h2-3,8-10,20H,4-7H2,1H3,(H,21,22,24);3-8H,1-2H3. The number of hydrogen-bond donors (Lipinski definition) is 2. The van der Waals surface area contributed by atoms with Crippen molar-refractivity contribution in [3.05, 3.63) is 94.0 Å². The minimum atomic E-state index is -0.716. The highest BCUT2D eigenvalue weighted by atomic mass is 19.1. The Bertz CT molecular complexity index is 1620. The molecule has 0 aliphatic carbocycles. The van der Waals surface area contributed by atoms with E-state index in [0.717, 1.165) is 17.8 Å². The zero-order valence-electron chi connectivity index (χ0n) is 23.3. The fraction of sp³-hybridized carbons (Fsp3) is 0.241. The summed E-state index contributed by atoms with van der Waals surface area (Å²) in [5.41, 5.74) is 1.39. The Kier molecular flexibility index (Phi) is 9.65. The maximum absolute atomic E-state index is 14.0. The van der Waals surface area contributed by atoms with Gasteiger partial charge in [-0.1, -0.05) is 18.2 Å². The summed E-state index contributed by atoms with van der Waals surface area (Å²) in [7, 11) is 3.25. The number of nitrogens with one attached hydrogen (secondary N) is 2. The van der Waals surface area contributed by atoms with Gasteiger partial charge in [0.15, 0.2) is 17.9 Å². The molecule has 1 saturated heterocycles. The first-order valence-electron chi connectivity index (χ1n) is 13.0. The smallest absolute Gasteiger partial charge is 0.323 e. The zero-order valence-corrected chi connectivity index (χ0v) is 23.3. The van der Waals surface area contributed by atoms with Gasteiger partial charge < -0.3 is 19.7 Å². The maximum atomic E-state index is 14.0. The number of pyridine rings is 1. The van der Waals surface area contributed by atoms with Gasteiger partial charge in [-0.25, -0.2) is 23.2 Å². The van der Waals surface area contributed by atoms with Crippen LogP contribution in [0.25, 0.3) is 5.69 Å². The Morgan fingerprint density at radius 1 is 1.07 bits per heavy atom. The lowest BCUT2D eigenvalue weighted by Crippen LogP contribution is -2.43. The average molecular weight is 581 g/mol. The van der Waals surface area contributed by atoms with Gasteiger partial charge in [-0.05, 0) is 25.1 Å². The number of nitrogens with zero attached hydrogens (tertiary/aromatic N) is 4. The molecule has 5 rings (SSSR count). The van der Waals surface area contributed by atoms with Crippen molar-refractivity contribution in [2.24, 2.45) is 7.05 Å². The van der Waals surface area contributed by atoms with Crippen molar-refractivity contribution in [2.45, 2.75) is 6.92 Å². The predicted molar refractivity (Wildman–Crippen MR) is 153 cm³/mol. The molecule has 1 fully saturated rings. The molecule has 2 aromatic carbocycles. The van der Waals surface area contributed by atoms with Crippen molar-refractivity contribution >= 4 is 23.8 Å². The third-order valence-corrected chi connectivity index (χ3v) is 6.50. The molecule has 2 N–H and O–H groups in total. The Morgan fingerprint density at radius 3 is 2.43 bits per heavy atom. The summed E-state index contributed by atoms with van der Waals surface area (Å²) in [5, 5.41) is 5.19. The van der Waals surface area contributed by atoms with Crippen LogP contribution in [0.15, 0.2) is 65.6 Å². The molecule has 0 unspecified atom stereocenters. The number of amides is 2. The number of aldehydes is 1. The second-order valence-corrected chi connectivity index (χ2v) is 9.11. The molecule has 2 aromatic heterocycles. The van der Waals surface area contributed by atoms with Gasteiger partial charge in [0.2, 0.25) is 0 Å². The molecular weight excluding hydrogens is 550 g/mol. The Labute approximate surface area is 240 Å². The van der Waals surface area contributed by atoms with Crippen LogP contribution in [0.5, 0.6) is 11.5 Å². The van der Waals surface area contributed by atoms with E-state index in [1.165, 1.54) is 30.1 Å².